The molecule has 0 unspecified atom stereocenters. The maximum Gasteiger partial charge on any atom is 0.313 e. The number of aromatic amines is 1. The van der Waals surface area contributed by atoms with E-state index in [2.05, 4.69) is 25.7 Å². The number of benzene rings is 1. The van der Waals surface area contributed by atoms with Gasteiger partial charge >= 0.3 is 5.97 Å². The van der Waals surface area contributed by atoms with Gasteiger partial charge in [0.15, 0.2) is 5.78 Å². The first kappa shape index (κ1) is 12.8. The third-order valence-electron chi connectivity index (χ3n) is 2.83. The van der Waals surface area contributed by atoms with Crippen LogP contribution in [0.2, 0.25) is 0 Å². The van der Waals surface area contributed by atoms with Crippen molar-refractivity contribution in [2.24, 2.45) is 0 Å². The topological polar surface area (TPSA) is 59.2 Å². The van der Waals surface area contributed by atoms with Gasteiger partial charge in [-0.2, -0.15) is 0 Å². The minimum atomic E-state index is -0.528. The van der Waals surface area contributed by atoms with Crippen molar-refractivity contribution in [2.75, 3.05) is 7.11 Å². The molecule has 0 saturated heterocycles. The van der Waals surface area contributed by atoms with E-state index in [9.17, 15) is 9.59 Å². The highest BCUT2D eigenvalue weighted by atomic mass is 79.9. The molecule has 2 rings (SSSR count). The number of aromatic nitrogens is 1. The zero-order chi connectivity index (χ0) is 13.3. The molecule has 1 heterocycles. The summed E-state index contributed by atoms with van der Waals surface area (Å²) in [5, 5.41) is 0.970. The third-order valence-corrected chi connectivity index (χ3v) is 3.32. The van der Waals surface area contributed by atoms with Gasteiger partial charge in [0.1, 0.15) is 6.42 Å². The van der Waals surface area contributed by atoms with Crippen molar-refractivity contribution < 1.29 is 14.3 Å². The Balaban J connectivity index is 2.43. The second kappa shape index (κ2) is 4.94. The van der Waals surface area contributed by atoms with Gasteiger partial charge in [0.2, 0.25) is 0 Å². The summed E-state index contributed by atoms with van der Waals surface area (Å²) in [6.45, 7) is 1.86. The average Bonchev–Trinajstić information content (AvgIpc) is 2.66. The SMILES string of the molecule is COC(=O)CC(=O)c1[nH]c2ccc(Br)cc2c1C. The number of ketones is 1. The number of Topliss-reactive ketones (excluding diaryl/α,β-unsaturated/α-hetero) is 1. The number of aryl methyl sites for hydroxylation is 1. The van der Waals surface area contributed by atoms with Crippen LogP contribution >= 0.6 is 15.9 Å². The number of esters is 1. The van der Waals surface area contributed by atoms with Crippen LogP contribution < -0.4 is 0 Å². The largest absolute Gasteiger partial charge is 0.469 e. The van der Waals surface area contributed by atoms with Crippen molar-refractivity contribution >= 4 is 38.6 Å². The number of carbonyl (C=O) groups is 2. The van der Waals surface area contributed by atoms with Gasteiger partial charge in [0.05, 0.1) is 12.8 Å². The molecular formula is C13H12BrNO3. The maximum absolute atomic E-state index is 11.9. The molecule has 1 aromatic heterocycles. The molecule has 1 aromatic carbocycles. The fourth-order valence-electron chi connectivity index (χ4n) is 1.87. The van der Waals surface area contributed by atoms with Crippen LogP contribution in [0, 0.1) is 6.92 Å². The molecule has 94 valence electrons. The lowest BCUT2D eigenvalue weighted by molar-refractivity contribution is -0.139. The Bertz CT molecular complexity index is 630. The maximum atomic E-state index is 11.9. The van der Waals surface area contributed by atoms with E-state index in [1.54, 1.807) is 0 Å². The number of rotatable bonds is 3. The predicted octanol–water partition coefficient (Wildman–Crippen LogP) is 2.98. The molecule has 0 aliphatic carbocycles. The van der Waals surface area contributed by atoms with Crippen molar-refractivity contribution in [1.82, 2.24) is 4.98 Å². The van der Waals surface area contributed by atoms with Crippen LogP contribution in [0.4, 0.5) is 0 Å². The van der Waals surface area contributed by atoms with Gasteiger partial charge in [-0.1, -0.05) is 15.9 Å². The van der Waals surface area contributed by atoms with E-state index >= 15 is 0 Å². The molecule has 0 aliphatic rings. The Morgan fingerprint density at radius 3 is 2.78 bits per heavy atom. The molecule has 4 nitrogen and oxygen atoms in total. The minimum Gasteiger partial charge on any atom is -0.469 e. The number of carbonyl (C=O) groups excluding carboxylic acids is 2. The molecule has 0 radical (unpaired) electrons. The van der Waals surface area contributed by atoms with E-state index in [4.69, 9.17) is 0 Å². The number of ether oxygens (including phenoxy) is 1. The van der Waals surface area contributed by atoms with Crippen LogP contribution in [-0.2, 0) is 9.53 Å². The van der Waals surface area contributed by atoms with Gasteiger partial charge < -0.3 is 9.72 Å². The fourth-order valence-corrected chi connectivity index (χ4v) is 2.23. The number of hydrogen-bond acceptors (Lipinski definition) is 3. The van der Waals surface area contributed by atoms with Crippen LogP contribution in [0.5, 0.6) is 0 Å². The molecule has 2 aromatic rings. The van der Waals surface area contributed by atoms with E-state index in [-0.39, 0.29) is 12.2 Å². The molecule has 0 aliphatic heterocycles. The molecule has 18 heavy (non-hydrogen) atoms. The fraction of sp³-hybridized carbons (Fsp3) is 0.231. The zero-order valence-electron chi connectivity index (χ0n) is 10.0. The molecule has 0 fully saturated rings. The van der Waals surface area contributed by atoms with Crippen molar-refractivity contribution in [1.29, 1.82) is 0 Å². The Hall–Kier alpha value is -1.62. The summed E-state index contributed by atoms with van der Waals surface area (Å²) in [7, 11) is 1.27. The highest BCUT2D eigenvalue weighted by Gasteiger charge is 2.18. The van der Waals surface area contributed by atoms with Crippen LogP contribution in [0.15, 0.2) is 22.7 Å². The van der Waals surface area contributed by atoms with Crippen molar-refractivity contribution in [2.45, 2.75) is 13.3 Å². The van der Waals surface area contributed by atoms with Gasteiger partial charge in [0, 0.05) is 15.4 Å². The summed E-state index contributed by atoms with van der Waals surface area (Å²) in [6, 6.07) is 5.73. The summed E-state index contributed by atoms with van der Waals surface area (Å²) in [5.74, 6) is -0.786. The first-order valence-electron chi connectivity index (χ1n) is 5.40. The molecule has 0 amide bonds. The molecule has 0 spiro atoms. The lowest BCUT2D eigenvalue weighted by Crippen LogP contribution is -2.10. The van der Waals surface area contributed by atoms with Crippen LogP contribution in [-0.4, -0.2) is 23.8 Å². The molecule has 0 bridgehead atoms. The van der Waals surface area contributed by atoms with E-state index in [1.807, 2.05) is 25.1 Å². The number of hydrogen-bond donors (Lipinski definition) is 1. The Kier molecular flexibility index (Phi) is 3.52. The lowest BCUT2D eigenvalue weighted by Gasteiger charge is -1.98. The first-order chi connectivity index (χ1) is 8.52. The van der Waals surface area contributed by atoms with E-state index in [0.717, 1.165) is 20.9 Å². The van der Waals surface area contributed by atoms with Gasteiger partial charge in [-0.15, -0.1) is 0 Å². The quantitative estimate of drug-likeness (QED) is 0.538. The summed E-state index contributed by atoms with van der Waals surface area (Å²) in [6.07, 6.45) is -0.245. The number of fused-ring (bicyclic) bond motifs is 1. The van der Waals surface area contributed by atoms with Gasteiger partial charge in [-0.05, 0) is 30.7 Å². The van der Waals surface area contributed by atoms with Crippen LogP contribution in [0.1, 0.15) is 22.5 Å². The summed E-state index contributed by atoms with van der Waals surface area (Å²) in [4.78, 5) is 26.1. The van der Waals surface area contributed by atoms with Crippen LogP contribution in [0.3, 0.4) is 0 Å². The molecular weight excluding hydrogens is 298 g/mol. The third kappa shape index (κ3) is 2.31. The highest BCUT2D eigenvalue weighted by Crippen LogP contribution is 2.25. The Labute approximate surface area is 112 Å². The smallest absolute Gasteiger partial charge is 0.313 e. The number of nitrogens with one attached hydrogen (secondary N) is 1. The van der Waals surface area contributed by atoms with Crippen LogP contribution in [0.25, 0.3) is 10.9 Å². The number of methoxy groups -OCH3 is 1. The number of H-pyrrole nitrogens is 1. The summed E-state index contributed by atoms with van der Waals surface area (Å²) >= 11 is 3.39. The van der Waals surface area contributed by atoms with Gasteiger partial charge in [-0.25, -0.2) is 0 Å². The molecule has 0 saturated carbocycles. The highest BCUT2D eigenvalue weighted by molar-refractivity contribution is 9.10. The number of halogens is 1. The second-order valence-corrected chi connectivity index (χ2v) is 4.91. The predicted molar refractivity (Wildman–Crippen MR) is 71.7 cm³/mol. The molecule has 5 heteroatoms. The first-order valence-corrected chi connectivity index (χ1v) is 6.20. The lowest BCUT2D eigenvalue weighted by atomic mass is 10.1. The molecule has 1 N–H and O–H groups in total. The van der Waals surface area contributed by atoms with Gasteiger partial charge in [-0.3, -0.25) is 9.59 Å². The molecule has 0 atom stereocenters. The monoisotopic (exact) mass is 309 g/mol. The van der Waals surface area contributed by atoms with Crippen molar-refractivity contribution in [3.63, 3.8) is 0 Å². The van der Waals surface area contributed by atoms with E-state index in [0.29, 0.717) is 5.69 Å². The second-order valence-electron chi connectivity index (χ2n) is 3.99. The normalized spacial score (nSPS) is 10.6. The van der Waals surface area contributed by atoms with E-state index in [1.165, 1.54) is 7.11 Å². The summed E-state index contributed by atoms with van der Waals surface area (Å²) < 4.78 is 5.44. The Morgan fingerprint density at radius 2 is 2.11 bits per heavy atom. The van der Waals surface area contributed by atoms with Crippen molar-refractivity contribution in [3.8, 4) is 0 Å². The van der Waals surface area contributed by atoms with Crippen molar-refractivity contribution in [3.05, 3.63) is 33.9 Å². The van der Waals surface area contributed by atoms with E-state index < -0.39 is 5.97 Å². The van der Waals surface area contributed by atoms with Gasteiger partial charge in [0.25, 0.3) is 0 Å². The zero-order valence-corrected chi connectivity index (χ0v) is 11.6. The average molecular weight is 310 g/mol. The minimum absolute atomic E-state index is 0.245. The Morgan fingerprint density at radius 1 is 1.39 bits per heavy atom. The standard InChI is InChI=1S/C13H12BrNO3/c1-7-9-5-8(14)3-4-10(9)15-13(7)11(16)6-12(17)18-2/h3-5,15H,6H2,1-2H3. The summed E-state index contributed by atoms with van der Waals surface area (Å²) in [5.41, 5.74) is 2.19.